The maximum atomic E-state index is 12.2. The highest BCUT2D eigenvalue weighted by Gasteiger charge is 2.14. The molecule has 0 aliphatic carbocycles. The number of para-hydroxylation sites is 1. The molecule has 118 valence electrons. The van der Waals surface area contributed by atoms with Gasteiger partial charge in [-0.3, -0.25) is 4.79 Å². The van der Waals surface area contributed by atoms with Gasteiger partial charge in [-0.15, -0.1) is 10.2 Å². The average Bonchev–Trinajstić information content (AvgIpc) is 2.87. The fourth-order valence-electron chi connectivity index (χ4n) is 2.31. The van der Waals surface area contributed by atoms with Crippen molar-refractivity contribution < 1.29 is 4.79 Å². The highest BCUT2D eigenvalue weighted by atomic mass is 32.2. The summed E-state index contributed by atoms with van der Waals surface area (Å²) < 4.78 is 2.04. The molecular formula is C16H22N4OS. The second kappa shape index (κ2) is 7.45. The number of anilines is 1. The van der Waals surface area contributed by atoms with Crippen LogP contribution in [-0.2, 0) is 11.2 Å². The molecule has 1 aromatic carbocycles. The number of carbonyl (C=O) groups is 1. The highest BCUT2D eigenvalue weighted by Crippen LogP contribution is 2.22. The van der Waals surface area contributed by atoms with Crippen LogP contribution < -0.4 is 5.32 Å². The van der Waals surface area contributed by atoms with Gasteiger partial charge in [0.15, 0.2) is 5.16 Å². The highest BCUT2D eigenvalue weighted by molar-refractivity contribution is 7.99. The third kappa shape index (κ3) is 3.88. The van der Waals surface area contributed by atoms with E-state index in [0.717, 1.165) is 28.7 Å². The summed E-state index contributed by atoms with van der Waals surface area (Å²) in [5, 5.41) is 12.0. The van der Waals surface area contributed by atoms with Crippen LogP contribution in [0.1, 0.15) is 38.2 Å². The average molecular weight is 318 g/mol. The molecule has 0 aliphatic rings. The van der Waals surface area contributed by atoms with E-state index < -0.39 is 0 Å². The molecule has 1 aromatic heterocycles. The van der Waals surface area contributed by atoms with Gasteiger partial charge in [-0.1, -0.05) is 36.9 Å². The Hall–Kier alpha value is -1.82. The normalized spacial score (nSPS) is 11.0. The summed E-state index contributed by atoms with van der Waals surface area (Å²) in [6.45, 7) is 8.16. The minimum absolute atomic E-state index is 0.0261. The molecule has 0 aliphatic heterocycles. The van der Waals surface area contributed by atoms with E-state index in [1.54, 1.807) is 0 Å². The van der Waals surface area contributed by atoms with Crippen molar-refractivity contribution >= 4 is 23.4 Å². The minimum Gasteiger partial charge on any atom is -0.325 e. The Morgan fingerprint density at radius 1 is 1.32 bits per heavy atom. The topological polar surface area (TPSA) is 59.8 Å². The van der Waals surface area contributed by atoms with Crippen LogP contribution in [0.25, 0.3) is 0 Å². The van der Waals surface area contributed by atoms with Crippen LogP contribution in [0.15, 0.2) is 29.4 Å². The van der Waals surface area contributed by atoms with Crippen molar-refractivity contribution in [3.63, 3.8) is 0 Å². The fraction of sp³-hybridized carbons (Fsp3) is 0.438. The van der Waals surface area contributed by atoms with Crippen LogP contribution >= 0.6 is 11.8 Å². The molecule has 0 atom stereocenters. The SMILES string of the molecule is CCc1ccccc1NC(=O)CSc1nnc(C)n1C(C)C. The quantitative estimate of drug-likeness (QED) is 0.829. The predicted octanol–water partition coefficient (Wildman–Crippen LogP) is 3.46. The standard InChI is InChI=1S/C16H22N4OS/c1-5-13-8-6-7-9-14(13)17-15(21)10-22-16-19-18-12(4)20(16)11(2)3/h6-9,11H,5,10H2,1-4H3,(H,17,21). The van der Waals surface area contributed by atoms with Crippen molar-refractivity contribution in [2.45, 2.75) is 45.3 Å². The van der Waals surface area contributed by atoms with Gasteiger partial charge in [0.05, 0.1) is 5.75 Å². The monoisotopic (exact) mass is 318 g/mol. The lowest BCUT2D eigenvalue weighted by Crippen LogP contribution is -2.16. The molecule has 0 saturated heterocycles. The van der Waals surface area contributed by atoms with E-state index in [2.05, 4.69) is 36.3 Å². The molecular weight excluding hydrogens is 296 g/mol. The Balaban J connectivity index is 1.99. The first kappa shape index (κ1) is 16.5. The number of hydrogen-bond acceptors (Lipinski definition) is 4. The number of rotatable bonds is 6. The predicted molar refractivity (Wildman–Crippen MR) is 90.3 cm³/mol. The first-order valence-electron chi connectivity index (χ1n) is 7.45. The van der Waals surface area contributed by atoms with E-state index in [9.17, 15) is 4.79 Å². The molecule has 1 N–H and O–H groups in total. The third-order valence-electron chi connectivity index (χ3n) is 3.36. The number of hydrogen-bond donors (Lipinski definition) is 1. The van der Waals surface area contributed by atoms with Gasteiger partial charge in [0.25, 0.3) is 0 Å². The van der Waals surface area contributed by atoms with Gasteiger partial charge in [0.1, 0.15) is 5.82 Å². The number of benzene rings is 1. The van der Waals surface area contributed by atoms with E-state index in [4.69, 9.17) is 0 Å². The van der Waals surface area contributed by atoms with Crippen molar-refractivity contribution in [3.8, 4) is 0 Å². The van der Waals surface area contributed by atoms with E-state index in [-0.39, 0.29) is 11.9 Å². The molecule has 2 rings (SSSR count). The van der Waals surface area contributed by atoms with Crippen molar-refractivity contribution in [3.05, 3.63) is 35.7 Å². The maximum absolute atomic E-state index is 12.2. The number of amides is 1. The number of aryl methyl sites for hydroxylation is 2. The number of thioether (sulfide) groups is 1. The van der Waals surface area contributed by atoms with Gasteiger partial charge in [-0.2, -0.15) is 0 Å². The molecule has 5 nitrogen and oxygen atoms in total. The molecule has 0 bridgehead atoms. The summed E-state index contributed by atoms with van der Waals surface area (Å²) in [5.74, 6) is 1.17. The lowest BCUT2D eigenvalue weighted by atomic mass is 10.1. The maximum Gasteiger partial charge on any atom is 0.234 e. The van der Waals surface area contributed by atoms with Crippen LogP contribution in [-0.4, -0.2) is 26.4 Å². The molecule has 0 fully saturated rings. The first-order valence-corrected chi connectivity index (χ1v) is 8.43. The van der Waals surface area contributed by atoms with Crippen LogP contribution in [0, 0.1) is 6.92 Å². The Morgan fingerprint density at radius 2 is 2.05 bits per heavy atom. The molecule has 22 heavy (non-hydrogen) atoms. The summed E-state index contributed by atoms with van der Waals surface area (Å²) in [6.07, 6.45) is 0.893. The van der Waals surface area contributed by atoms with Gasteiger partial charge in [-0.25, -0.2) is 0 Å². The lowest BCUT2D eigenvalue weighted by molar-refractivity contribution is -0.113. The van der Waals surface area contributed by atoms with Crippen LogP contribution in [0.4, 0.5) is 5.69 Å². The van der Waals surface area contributed by atoms with Crippen molar-refractivity contribution in [2.24, 2.45) is 0 Å². The zero-order chi connectivity index (χ0) is 16.1. The molecule has 0 unspecified atom stereocenters. The van der Waals surface area contributed by atoms with Gasteiger partial charge in [0.2, 0.25) is 5.91 Å². The number of nitrogens with one attached hydrogen (secondary N) is 1. The minimum atomic E-state index is -0.0261. The summed E-state index contributed by atoms with van der Waals surface area (Å²) in [7, 11) is 0. The summed E-state index contributed by atoms with van der Waals surface area (Å²) in [4.78, 5) is 12.2. The fourth-order valence-corrected chi connectivity index (χ4v) is 3.22. The molecule has 0 spiro atoms. The van der Waals surface area contributed by atoms with Crippen LogP contribution in [0.5, 0.6) is 0 Å². The summed E-state index contributed by atoms with van der Waals surface area (Å²) in [6, 6.07) is 8.16. The molecule has 1 amide bonds. The molecule has 1 heterocycles. The summed E-state index contributed by atoms with van der Waals surface area (Å²) in [5.41, 5.74) is 2.03. The number of carbonyl (C=O) groups excluding carboxylic acids is 1. The van der Waals surface area contributed by atoms with Gasteiger partial charge < -0.3 is 9.88 Å². The van der Waals surface area contributed by atoms with Crippen molar-refractivity contribution in [1.29, 1.82) is 0 Å². The van der Waals surface area contributed by atoms with Gasteiger partial charge in [-0.05, 0) is 38.8 Å². The molecule has 6 heteroatoms. The van der Waals surface area contributed by atoms with Crippen LogP contribution in [0.3, 0.4) is 0 Å². The largest absolute Gasteiger partial charge is 0.325 e. The number of aromatic nitrogens is 3. The second-order valence-electron chi connectivity index (χ2n) is 5.34. The van der Waals surface area contributed by atoms with E-state index in [1.807, 2.05) is 35.8 Å². The van der Waals surface area contributed by atoms with E-state index in [0.29, 0.717) is 5.75 Å². The lowest BCUT2D eigenvalue weighted by Gasteiger charge is -2.12. The van der Waals surface area contributed by atoms with Crippen LogP contribution in [0.2, 0.25) is 0 Å². The smallest absolute Gasteiger partial charge is 0.234 e. The Morgan fingerprint density at radius 3 is 2.73 bits per heavy atom. The zero-order valence-corrected chi connectivity index (χ0v) is 14.3. The van der Waals surface area contributed by atoms with E-state index in [1.165, 1.54) is 11.8 Å². The Bertz CT molecular complexity index is 651. The molecule has 2 aromatic rings. The molecule has 0 radical (unpaired) electrons. The first-order chi connectivity index (χ1) is 10.5. The molecule has 0 saturated carbocycles. The Kier molecular flexibility index (Phi) is 5.60. The second-order valence-corrected chi connectivity index (χ2v) is 6.28. The summed E-state index contributed by atoms with van der Waals surface area (Å²) >= 11 is 1.41. The van der Waals surface area contributed by atoms with Gasteiger partial charge in [0, 0.05) is 11.7 Å². The van der Waals surface area contributed by atoms with Crippen molar-refractivity contribution in [2.75, 3.05) is 11.1 Å². The van der Waals surface area contributed by atoms with E-state index >= 15 is 0 Å². The Labute approximate surface area is 135 Å². The van der Waals surface area contributed by atoms with Crippen molar-refractivity contribution in [1.82, 2.24) is 14.8 Å². The third-order valence-corrected chi connectivity index (χ3v) is 4.30. The van der Waals surface area contributed by atoms with Gasteiger partial charge >= 0.3 is 0 Å². The zero-order valence-electron chi connectivity index (χ0n) is 13.5. The number of nitrogens with zero attached hydrogens (tertiary/aromatic N) is 3.